The zero-order valence-electron chi connectivity index (χ0n) is 10.6. The van der Waals surface area contributed by atoms with Crippen molar-refractivity contribution in [3.05, 3.63) is 35.6 Å². The van der Waals surface area contributed by atoms with Crippen molar-refractivity contribution in [3.63, 3.8) is 0 Å². The van der Waals surface area contributed by atoms with Crippen molar-refractivity contribution in [3.8, 4) is 0 Å². The zero-order chi connectivity index (χ0) is 14.0. The first kappa shape index (κ1) is 13.6. The summed E-state index contributed by atoms with van der Waals surface area (Å²) in [5.41, 5.74) is 0.824. The molecule has 0 bridgehead atoms. The maximum absolute atomic E-state index is 11.9. The van der Waals surface area contributed by atoms with Crippen molar-refractivity contribution in [1.82, 2.24) is 4.90 Å². The normalized spacial score (nSPS) is 24.7. The minimum Gasteiger partial charge on any atom is -0.425 e. The molecule has 6 heteroatoms. The molecule has 2 rings (SSSR count). The number of carbonyl (C=O) groups excluding carboxylic acids is 2. The van der Waals surface area contributed by atoms with Crippen LogP contribution < -0.4 is 0 Å². The van der Waals surface area contributed by atoms with Crippen molar-refractivity contribution in [2.75, 3.05) is 7.11 Å². The van der Waals surface area contributed by atoms with E-state index in [0.29, 0.717) is 0 Å². The maximum Gasteiger partial charge on any atom is 0.303 e. The number of nitrogens with zero attached hydrogens (tertiary/aromatic N) is 1. The number of allylic oxidation sites excluding steroid dienone is 3. The van der Waals surface area contributed by atoms with Crippen LogP contribution in [-0.2, 0) is 19.1 Å². The Labute approximate surface area is 116 Å². The van der Waals surface area contributed by atoms with Crippen LogP contribution >= 0.6 is 12.2 Å². The van der Waals surface area contributed by atoms with E-state index in [1.807, 2.05) is 18.2 Å². The van der Waals surface area contributed by atoms with Gasteiger partial charge in [-0.3, -0.25) is 9.59 Å². The van der Waals surface area contributed by atoms with Crippen LogP contribution in [0.15, 0.2) is 35.6 Å². The predicted octanol–water partition coefficient (Wildman–Crippen LogP) is 1.46. The Morgan fingerprint density at radius 3 is 2.84 bits per heavy atom. The second-order valence-electron chi connectivity index (χ2n) is 4.11. The lowest BCUT2D eigenvalue weighted by Gasteiger charge is -2.12. The van der Waals surface area contributed by atoms with Crippen molar-refractivity contribution < 1.29 is 19.1 Å². The molecule has 1 unspecified atom stereocenters. The molecule has 0 saturated carbocycles. The second-order valence-corrected chi connectivity index (χ2v) is 4.46. The summed E-state index contributed by atoms with van der Waals surface area (Å²) in [6, 6.07) is 0. The Hall–Kier alpha value is -1.79. The van der Waals surface area contributed by atoms with Crippen LogP contribution in [0.25, 0.3) is 0 Å². The fourth-order valence-electron chi connectivity index (χ4n) is 1.79. The lowest BCUT2D eigenvalue weighted by Crippen LogP contribution is -2.33. The zero-order valence-corrected chi connectivity index (χ0v) is 11.4. The summed E-state index contributed by atoms with van der Waals surface area (Å²) in [7, 11) is 1.64. The molecule has 0 aromatic heterocycles. The lowest BCUT2D eigenvalue weighted by atomic mass is 10.0. The minimum absolute atomic E-state index is 0.0529. The van der Waals surface area contributed by atoms with E-state index < -0.39 is 11.8 Å². The van der Waals surface area contributed by atoms with E-state index in [0.717, 1.165) is 16.9 Å². The predicted molar refractivity (Wildman–Crippen MR) is 71.9 cm³/mol. The van der Waals surface area contributed by atoms with E-state index >= 15 is 0 Å². The van der Waals surface area contributed by atoms with Gasteiger partial charge in [-0.25, -0.2) is 4.90 Å². The molecular weight excluding hydrogens is 266 g/mol. The molecule has 100 valence electrons. The number of hydrogen-bond acceptors (Lipinski definition) is 5. The SMILES string of the molecule is COC1C=CC(/C=C2/OC(=S)N(C(C)=O)C2=O)=CC1. The number of imide groups is 1. The molecule has 1 aliphatic heterocycles. The fourth-order valence-corrected chi connectivity index (χ4v) is 2.09. The van der Waals surface area contributed by atoms with Crippen molar-refractivity contribution in [1.29, 1.82) is 0 Å². The van der Waals surface area contributed by atoms with Gasteiger partial charge in [0, 0.05) is 14.0 Å². The second kappa shape index (κ2) is 5.46. The molecule has 2 amide bonds. The number of carbonyl (C=O) groups is 2. The summed E-state index contributed by atoms with van der Waals surface area (Å²) in [4.78, 5) is 24.0. The van der Waals surface area contributed by atoms with Crippen LogP contribution in [-0.4, -0.2) is 35.1 Å². The molecule has 0 aromatic carbocycles. The van der Waals surface area contributed by atoms with E-state index in [1.165, 1.54) is 6.92 Å². The fraction of sp³-hybridized carbons (Fsp3) is 0.308. The highest BCUT2D eigenvalue weighted by Crippen LogP contribution is 2.21. The van der Waals surface area contributed by atoms with Gasteiger partial charge in [-0.2, -0.15) is 0 Å². The largest absolute Gasteiger partial charge is 0.425 e. The van der Waals surface area contributed by atoms with Crippen LogP contribution in [0.1, 0.15) is 13.3 Å². The third-order valence-electron chi connectivity index (χ3n) is 2.80. The first-order valence-corrected chi connectivity index (χ1v) is 6.13. The number of hydrogen-bond donors (Lipinski definition) is 0. The van der Waals surface area contributed by atoms with Gasteiger partial charge in [0.1, 0.15) is 0 Å². The van der Waals surface area contributed by atoms with Gasteiger partial charge in [-0.15, -0.1) is 0 Å². The number of amides is 2. The first-order valence-electron chi connectivity index (χ1n) is 5.72. The van der Waals surface area contributed by atoms with E-state index in [-0.39, 0.29) is 17.0 Å². The monoisotopic (exact) mass is 279 g/mol. The van der Waals surface area contributed by atoms with Gasteiger partial charge in [0.2, 0.25) is 5.91 Å². The van der Waals surface area contributed by atoms with Gasteiger partial charge < -0.3 is 9.47 Å². The number of ether oxygens (including phenoxy) is 2. The van der Waals surface area contributed by atoms with Crippen molar-refractivity contribution >= 4 is 29.2 Å². The third kappa shape index (κ3) is 2.80. The van der Waals surface area contributed by atoms with Gasteiger partial charge in [0.25, 0.3) is 5.17 Å². The molecular formula is C13H13NO4S. The summed E-state index contributed by atoms with van der Waals surface area (Å²) in [6.45, 7) is 1.26. The van der Waals surface area contributed by atoms with Crippen LogP contribution in [0.3, 0.4) is 0 Å². The summed E-state index contributed by atoms with van der Waals surface area (Å²) in [5.74, 6) is -0.918. The molecule has 0 aromatic rings. The minimum atomic E-state index is -0.527. The standard InChI is InChI=1S/C13H13NO4S/c1-8(15)14-12(16)11(18-13(14)19)7-9-3-5-10(17-2)6-4-9/h3-5,7,10H,6H2,1-2H3/b11-7+. The molecule has 0 spiro atoms. The smallest absolute Gasteiger partial charge is 0.303 e. The number of methoxy groups -OCH3 is 1. The molecule has 1 aliphatic carbocycles. The molecule has 0 radical (unpaired) electrons. The highest BCUT2D eigenvalue weighted by atomic mass is 32.1. The highest BCUT2D eigenvalue weighted by Gasteiger charge is 2.36. The Morgan fingerprint density at radius 1 is 1.63 bits per heavy atom. The number of thiocarbonyl (C=S) groups is 1. The molecule has 2 aliphatic rings. The Balaban J connectivity index is 2.16. The average Bonchev–Trinajstić information content (AvgIpc) is 2.65. The molecule has 5 nitrogen and oxygen atoms in total. The Kier molecular flexibility index (Phi) is 3.92. The van der Waals surface area contributed by atoms with Gasteiger partial charge in [0.15, 0.2) is 5.76 Å². The van der Waals surface area contributed by atoms with Gasteiger partial charge in [-0.05, 0) is 30.3 Å². The quantitative estimate of drug-likeness (QED) is 0.566. The first-order chi connectivity index (χ1) is 9.02. The van der Waals surface area contributed by atoms with Crippen LogP contribution in [0, 0.1) is 0 Å². The highest BCUT2D eigenvalue weighted by molar-refractivity contribution is 7.80. The van der Waals surface area contributed by atoms with Crippen molar-refractivity contribution in [2.24, 2.45) is 0 Å². The van der Waals surface area contributed by atoms with Gasteiger partial charge in [0.05, 0.1) is 6.10 Å². The van der Waals surface area contributed by atoms with Gasteiger partial charge >= 0.3 is 5.91 Å². The van der Waals surface area contributed by atoms with E-state index in [2.05, 4.69) is 0 Å². The van der Waals surface area contributed by atoms with Crippen molar-refractivity contribution in [2.45, 2.75) is 19.4 Å². The molecule has 1 atom stereocenters. The van der Waals surface area contributed by atoms with E-state index in [9.17, 15) is 9.59 Å². The molecule has 19 heavy (non-hydrogen) atoms. The summed E-state index contributed by atoms with van der Waals surface area (Å²) >= 11 is 4.84. The molecule has 0 N–H and O–H groups in total. The van der Waals surface area contributed by atoms with Crippen LogP contribution in [0.2, 0.25) is 0 Å². The van der Waals surface area contributed by atoms with E-state index in [1.54, 1.807) is 13.2 Å². The molecule has 1 heterocycles. The maximum atomic E-state index is 11.9. The van der Waals surface area contributed by atoms with Gasteiger partial charge in [-0.1, -0.05) is 18.2 Å². The summed E-state index contributed by atoms with van der Waals surface area (Å²) in [6.07, 6.45) is 8.00. The van der Waals surface area contributed by atoms with E-state index in [4.69, 9.17) is 21.7 Å². The Bertz CT molecular complexity index is 533. The molecule has 1 saturated heterocycles. The Morgan fingerprint density at radius 2 is 2.37 bits per heavy atom. The summed E-state index contributed by atoms with van der Waals surface area (Å²) < 4.78 is 10.3. The lowest BCUT2D eigenvalue weighted by molar-refractivity contribution is -0.135. The average molecular weight is 279 g/mol. The number of rotatable bonds is 2. The van der Waals surface area contributed by atoms with Crippen LogP contribution in [0.4, 0.5) is 0 Å². The topological polar surface area (TPSA) is 55.8 Å². The van der Waals surface area contributed by atoms with Crippen LogP contribution in [0.5, 0.6) is 0 Å². The third-order valence-corrected chi connectivity index (χ3v) is 3.06. The molecule has 1 fully saturated rings. The summed E-state index contributed by atoms with van der Waals surface area (Å²) in [5, 5.41) is -0.126.